The van der Waals surface area contributed by atoms with E-state index in [0.29, 0.717) is 0 Å². The predicted octanol–water partition coefficient (Wildman–Crippen LogP) is 2.56. The summed E-state index contributed by atoms with van der Waals surface area (Å²) in [5.41, 5.74) is 10.9. The molecule has 1 aliphatic rings. The second-order valence-corrected chi connectivity index (χ2v) is 6.46. The summed E-state index contributed by atoms with van der Waals surface area (Å²) < 4.78 is 0.376. The highest BCUT2D eigenvalue weighted by Crippen LogP contribution is 2.45. The number of hydrogen-bond donors (Lipinski definition) is 4. The Labute approximate surface area is 141 Å². The molecule has 0 amide bonds. The van der Waals surface area contributed by atoms with Crippen LogP contribution in [0, 0.1) is 0 Å². The number of benzene rings is 2. The monoisotopic (exact) mass is 426 g/mol. The number of hydrogen-bond acceptors (Lipinski definition) is 6. The molecule has 0 atom stereocenters. The zero-order chi connectivity index (χ0) is 16.3. The molecule has 0 radical (unpaired) electrons. The van der Waals surface area contributed by atoms with Gasteiger partial charge in [-0.05, 0) is 44.0 Å². The first kappa shape index (κ1) is 14.9. The van der Waals surface area contributed by atoms with Crippen LogP contribution in [0.4, 0.5) is 11.4 Å². The lowest BCUT2D eigenvalue weighted by molar-refractivity contribution is 0.0975. The summed E-state index contributed by atoms with van der Waals surface area (Å²) in [5, 5.41) is 20.2. The van der Waals surface area contributed by atoms with Crippen molar-refractivity contribution in [3.05, 3.63) is 43.3 Å². The lowest BCUT2D eigenvalue weighted by atomic mass is 9.81. The van der Waals surface area contributed by atoms with E-state index in [2.05, 4.69) is 31.9 Å². The summed E-state index contributed by atoms with van der Waals surface area (Å²) in [6.07, 6.45) is 0. The normalized spacial score (nSPS) is 13.0. The van der Waals surface area contributed by atoms with Gasteiger partial charge in [-0.25, -0.2) is 0 Å². The zero-order valence-electron chi connectivity index (χ0n) is 10.8. The lowest BCUT2D eigenvalue weighted by Crippen LogP contribution is -2.24. The van der Waals surface area contributed by atoms with Crippen molar-refractivity contribution in [1.29, 1.82) is 0 Å². The van der Waals surface area contributed by atoms with Crippen molar-refractivity contribution in [2.24, 2.45) is 0 Å². The summed E-state index contributed by atoms with van der Waals surface area (Å²) in [6, 6.07) is 2.64. The first-order valence-electron chi connectivity index (χ1n) is 5.97. The number of halogens is 2. The fraction of sp³-hybridized carbons (Fsp3) is 0. The van der Waals surface area contributed by atoms with E-state index in [1.54, 1.807) is 0 Å². The summed E-state index contributed by atoms with van der Waals surface area (Å²) in [5.74, 6) is -2.13. The Bertz CT molecular complexity index is 820. The Morgan fingerprint density at radius 2 is 1.05 bits per heavy atom. The van der Waals surface area contributed by atoms with Crippen LogP contribution in [0.25, 0.3) is 0 Å². The molecule has 2 aromatic rings. The zero-order valence-corrected chi connectivity index (χ0v) is 13.9. The first-order chi connectivity index (χ1) is 10.3. The highest BCUT2D eigenvalue weighted by molar-refractivity contribution is 9.11. The Morgan fingerprint density at radius 1 is 0.727 bits per heavy atom. The molecule has 0 aromatic heterocycles. The van der Waals surface area contributed by atoms with Gasteiger partial charge in [0, 0.05) is 11.4 Å². The molecule has 0 saturated heterocycles. The van der Waals surface area contributed by atoms with Crippen LogP contribution in [-0.2, 0) is 0 Å². The molecule has 0 heterocycles. The Kier molecular flexibility index (Phi) is 3.19. The van der Waals surface area contributed by atoms with Gasteiger partial charge >= 0.3 is 0 Å². The van der Waals surface area contributed by atoms with Crippen LogP contribution in [0.1, 0.15) is 31.8 Å². The van der Waals surface area contributed by atoms with Gasteiger partial charge in [0.2, 0.25) is 11.6 Å². The molecule has 0 spiro atoms. The number of carbonyl (C=O) groups excluding carboxylic acids is 2. The van der Waals surface area contributed by atoms with Crippen molar-refractivity contribution in [1.82, 2.24) is 0 Å². The molecule has 0 unspecified atom stereocenters. The van der Waals surface area contributed by atoms with Crippen molar-refractivity contribution in [2.75, 3.05) is 11.5 Å². The van der Waals surface area contributed by atoms with E-state index in [9.17, 15) is 19.8 Å². The second kappa shape index (κ2) is 4.72. The fourth-order valence-corrected chi connectivity index (χ4v) is 3.39. The number of aromatic hydroxyl groups is 2. The SMILES string of the molecule is Nc1cc(Br)c(O)c2c1C(=O)c1c(O)c(Br)cc(N)c1C2=O. The number of phenols is 2. The topological polar surface area (TPSA) is 127 Å². The highest BCUT2D eigenvalue weighted by atomic mass is 79.9. The smallest absolute Gasteiger partial charge is 0.200 e. The molecule has 2 aromatic carbocycles. The molecule has 6 N–H and O–H groups in total. The molecule has 8 heteroatoms. The fourth-order valence-electron chi connectivity index (χ4n) is 2.50. The Morgan fingerprint density at radius 3 is 1.36 bits per heavy atom. The minimum Gasteiger partial charge on any atom is -0.506 e. The van der Waals surface area contributed by atoms with Gasteiger partial charge in [-0.1, -0.05) is 0 Å². The number of fused-ring (bicyclic) bond motifs is 2. The maximum atomic E-state index is 12.7. The van der Waals surface area contributed by atoms with Crippen LogP contribution in [-0.4, -0.2) is 21.8 Å². The van der Waals surface area contributed by atoms with Crippen molar-refractivity contribution in [2.45, 2.75) is 0 Å². The minimum absolute atomic E-state index is 0.0154. The van der Waals surface area contributed by atoms with Gasteiger partial charge in [-0.15, -0.1) is 0 Å². The van der Waals surface area contributed by atoms with Crippen LogP contribution in [0.5, 0.6) is 11.5 Å². The quantitative estimate of drug-likeness (QED) is 0.322. The van der Waals surface area contributed by atoms with E-state index in [1.165, 1.54) is 12.1 Å². The summed E-state index contributed by atoms with van der Waals surface area (Å²) >= 11 is 6.15. The molecule has 22 heavy (non-hydrogen) atoms. The average Bonchev–Trinajstić information content (AvgIpc) is 2.44. The number of carbonyl (C=O) groups is 2. The molecule has 0 fully saturated rings. The van der Waals surface area contributed by atoms with Gasteiger partial charge in [0.05, 0.1) is 31.2 Å². The van der Waals surface area contributed by atoms with E-state index in [4.69, 9.17) is 11.5 Å². The van der Waals surface area contributed by atoms with Crippen molar-refractivity contribution in [3.8, 4) is 11.5 Å². The second-order valence-electron chi connectivity index (χ2n) is 4.75. The van der Waals surface area contributed by atoms with Crippen molar-refractivity contribution < 1.29 is 19.8 Å². The number of rotatable bonds is 0. The number of ketones is 2. The molecular formula is C14H8Br2N2O4. The molecule has 6 nitrogen and oxygen atoms in total. The Balaban J connectivity index is 2.49. The summed E-state index contributed by atoms with van der Waals surface area (Å²) in [6.45, 7) is 0. The van der Waals surface area contributed by atoms with Crippen LogP contribution < -0.4 is 11.5 Å². The third-order valence-electron chi connectivity index (χ3n) is 3.48. The van der Waals surface area contributed by atoms with Crippen LogP contribution >= 0.6 is 31.9 Å². The molecule has 3 rings (SSSR count). The van der Waals surface area contributed by atoms with E-state index >= 15 is 0 Å². The molecule has 1 aliphatic carbocycles. The molecule has 112 valence electrons. The van der Waals surface area contributed by atoms with Crippen LogP contribution in [0.3, 0.4) is 0 Å². The predicted molar refractivity (Wildman–Crippen MR) is 87.3 cm³/mol. The largest absolute Gasteiger partial charge is 0.506 e. The number of anilines is 2. The number of nitrogens with two attached hydrogens (primary N) is 2. The van der Waals surface area contributed by atoms with Gasteiger partial charge in [-0.3, -0.25) is 9.59 Å². The Hall–Kier alpha value is -2.06. The van der Waals surface area contributed by atoms with Gasteiger partial charge in [-0.2, -0.15) is 0 Å². The maximum Gasteiger partial charge on any atom is 0.200 e. The molecular weight excluding hydrogens is 420 g/mol. The van der Waals surface area contributed by atoms with Gasteiger partial charge in [0.25, 0.3) is 0 Å². The van der Waals surface area contributed by atoms with Gasteiger partial charge < -0.3 is 21.7 Å². The standard InChI is InChI=1S/C14H8Br2N2O4/c15-3-1-5(17)7-9(11(3)19)14(22)8-6(18)2-4(16)12(20)10(8)13(7)21/h1-2,19-20H,17-18H2. The maximum absolute atomic E-state index is 12.7. The van der Waals surface area contributed by atoms with Crippen LogP contribution in [0.2, 0.25) is 0 Å². The number of phenolic OH excluding ortho intramolecular Hbond substituents is 2. The average molecular weight is 428 g/mol. The number of nitrogen functional groups attached to an aromatic ring is 2. The molecule has 0 saturated carbocycles. The van der Waals surface area contributed by atoms with E-state index in [0.717, 1.165) is 0 Å². The van der Waals surface area contributed by atoms with Gasteiger partial charge in [0.15, 0.2) is 0 Å². The first-order valence-corrected chi connectivity index (χ1v) is 7.55. The highest BCUT2D eigenvalue weighted by Gasteiger charge is 2.38. The molecule has 0 aliphatic heterocycles. The van der Waals surface area contributed by atoms with E-state index in [1.807, 2.05) is 0 Å². The van der Waals surface area contributed by atoms with Crippen molar-refractivity contribution in [3.63, 3.8) is 0 Å². The third-order valence-corrected chi connectivity index (χ3v) is 4.69. The minimum atomic E-state index is -0.671. The van der Waals surface area contributed by atoms with Crippen LogP contribution in [0.15, 0.2) is 21.1 Å². The van der Waals surface area contributed by atoms with E-state index in [-0.39, 0.29) is 42.6 Å². The third kappa shape index (κ3) is 1.77. The van der Waals surface area contributed by atoms with Gasteiger partial charge in [0.1, 0.15) is 11.5 Å². The summed E-state index contributed by atoms with van der Waals surface area (Å²) in [4.78, 5) is 25.3. The van der Waals surface area contributed by atoms with Crippen molar-refractivity contribution >= 4 is 54.8 Å². The summed E-state index contributed by atoms with van der Waals surface area (Å²) in [7, 11) is 0. The lowest BCUT2D eigenvalue weighted by Gasteiger charge is -2.23. The van der Waals surface area contributed by atoms with E-state index < -0.39 is 23.1 Å². The molecule has 0 bridgehead atoms.